The molecule has 1 N–H and O–H groups in total. The van der Waals surface area contributed by atoms with Crippen molar-refractivity contribution in [2.24, 2.45) is 0 Å². The van der Waals surface area contributed by atoms with Crippen molar-refractivity contribution in [3.63, 3.8) is 0 Å². The molecule has 1 aromatic heterocycles. The SMILES string of the molecule is Cc1c[nH]c(C)c1CC(=O)N1CCN(C)CC1. The Kier molecular flexibility index (Phi) is 3.52. The van der Waals surface area contributed by atoms with Crippen LogP contribution in [0, 0.1) is 13.8 Å². The molecular formula is C13H21N3O. The highest BCUT2D eigenvalue weighted by Gasteiger charge is 2.20. The number of amides is 1. The summed E-state index contributed by atoms with van der Waals surface area (Å²) in [7, 11) is 2.10. The largest absolute Gasteiger partial charge is 0.365 e. The predicted octanol–water partition coefficient (Wildman–Crippen LogP) is 0.948. The number of piperazine rings is 1. The molecule has 0 unspecified atom stereocenters. The van der Waals surface area contributed by atoms with Gasteiger partial charge in [-0.1, -0.05) is 0 Å². The van der Waals surface area contributed by atoms with Crippen LogP contribution in [-0.4, -0.2) is 53.9 Å². The molecule has 0 radical (unpaired) electrons. The molecule has 0 saturated carbocycles. The minimum atomic E-state index is 0.254. The summed E-state index contributed by atoms with van der Waals surface area (Å²) in [5, 5.41) is 0. The summed E-state index contributed by atoms with van der Waals surface area (Å²) in [6.45, 7) is 7.76. The monoisotopic (exact) mass is 235 g/mol. The molecule has 4 nitrogen and oxygen atoms in total. The summed E-state index contributed by atoms with van der Waals surface area (Å²) < 4.78 is 0. The number of nitrogens with one attached hydrogen (secondary N) is 1. The van der Waals surface area contributed by atoms with E-state index in [1.807, 2.05) is 18.0 Å². The smallest absolute Gasteiger partial charge is 0.227 e. The molecule has 1 amide bonds. The molecule has 17 heavy (non-hydrogen) atoms. The number of aromatic nitrogens is 1. The summed E-state index contributed by atoms with van der Waals surface area (Å²) >= 11 is 0. The number of rotatable bonds is 2. The molecule has 0 aromatic carbocycles. The molecule has 1 aliphatic heterocycles. The molecule has 0 bridgehead atoms. The second-order valence-electron chi connectivity index (χ2n) is 4.94. The van der Waals surface area contributed by atoms with Gasteiger partial charge in [-0.05, 0) is 32.0 Å². The first-order valence-corrected chi connectivity index (χ1v) is 6.17. The lowest BCUT2D eigenvalue weighted by atomic mass is 10.1. The molecule has 2 rings (SSSR count). The second-order valence-corrected chi connectivity index (χ2v) is 4.94. The van der Waals surface area contributed by atoms with Gasteiger partial charge in [0.1, 0.15) is 0 Å². The van der Waals surface area contributed by atoms with Gasteiger partial charge in [-0.2, -0.15) is 0 Å². The summed E-state index contributed by atoms with van der Waals surface area (Å²) in [6.07, 6.45) is 2.51. The first-order chi connectivity index (χ1) is 8.08. The van der Waals surface area contributed by atoms with Crippen molar-refractivity contribution in [1.29, 1.82) is 0 Å². The molecule has 1 saturated heterocycles. The van der Waals surface area contributed by atoms with Gasteiger partial charge >= 0.3 is 0 Å². The Morgan fingerprint density at radius 2 is 1.94 bits per heavy atom. The Morgan fingerprint density at radius 3 is 2.47 bits per heavy atom. The van der Waals surface area contributed by atoms with Crippen molar-refractivity contribution < 1.29 is 4.79 Å². The van der Waals surface area contributed by atoms with E-state index < -0.39 is 0 Å². The molecule has 2 heterocycles. The van der Waals surface area contributed by atoms with Gasteiger partial charge in [-0.3, -0.25) is 4.79 Å². The fraction of sp³-hybridized carbons (Fsp3) is 0.615. The van der Waals surface area contributed by atoms with Gasteiger partial charge < -0.3 is 14.8 Å². The van der Waals surface area contributed by atoms with E-state index in [2.05, 4.69) is 23.9 Å². The molecular weight excluding hydrogens is 214 g/mol. The van der Waals surface area contributed by atoms with Gasteiger partial charge in [-0.25, -0.2) is 0 Å². The van der Waals surface area contributed by atoms with E-state index in [4.69, 9.17) is 0 Å². The number of nitrogens with zero attached hydrogens (tertiary/aromatic N) is 2. The van der Waals surface area contributed by atoms with E-state index in [0.717, 1.165) is 37.4 Å². The predicted molar refractivity (Wildman–Crippen MR) is 68.0 cm³/mol. The van der Waals surface area contributed by atoms with E-state index in [1.54, 1.807) is 0 Å². The number of carbonyl (C=O) groups is 1. The van der Waals surface area contributed by atoms with Gasteiger partial charge in [0, 0.05) is 38.1 Å². The maximum Gasteiger partial charge on any atom is 0.227 e. The fourth-order valence-corrected chi connectivity index (χ4v) is 2.28. The van der Waals surface area contributed by atoms with E-state index >= 15 is 0 Å². The van der Waals surface area contributed by atoms with Gasteiger partial charge in [-0.15, -0.1) is 0 Å². The van der Waals surface area contributed by atoms with Gasteiger partial charge in [0.25, 0.3) is 0 Å². The average Bonchev–Trinajstić information content (AvgIpc) is 2.61. The lowest BCUT2D eigenvalue weighted by Crippen LogP contribution is -2.47. The second kappa shape index (κ2) is 4.92. The zero-order valence-corrected chi connectivity index (χ0v) is 10.9. The van der Waals surface area contributed by atoms with Crippen LogP contribution < -0.4 is 0 Å². The van der Waals surface area contributed by atoms with Crippen molar-refractivity contribution in [1.82, 2.24) is 14.8 Å². The van der Waals surface area contributed by atoms with Crippen LogP contribution >= 0.6 is 0 Å². The summed E-state index contributed by atoms with van der Waals surface area (Å²) in [6, 6.07) is 0. The standard InChI is InChI=1S/C13H21N3O/c1-10-9-14-11(2)12(10)8-13(17)16-6-4-15(3)5-7-16/h9,14H,4-8H2,1-3H3. The van der Waals surface area contributed by atoms with E-state index in [1.165, 1.54) is 5.56 Å². The zero-order chi connectivity index (χ0) is 12.4. The Bertz CT molecular complexity index is 383. The quantitative estimate of drug-likeness (QED) is 0.829. The highest BCUT2D eigenvalue weighted by atomic mass is 16.2. The van der Waals surface area contributed by atoms with E-state index in [0.29, 0.717) is 6.42 Å². The van der Waals surface area contributed by atoms with Crippen LogP contribution in [0.2, 0.25) is 0 Å². The molecule has 1 fully saturated rings. The first kappa shape index (κ1) is 12.2. The highest BCUT2D eigenvalue weighted by Crippen LogP contribution is 2.14. The first-order valence-electron chi connectivity index (χ1n) is 6.17. The van der Waals surface area contributed by atoms with Crippen molar-refractivity contribution in [3.8, 4) is 0 Å². The third kappa shape index (κ3) is 2.69. The lowest BCUT2D eigenvalue weighted by molar-refractivity contribution is -0.132. The van der Waals surface area contributed by atoms with Gasteiger partial charge in [0.05, 0.1) is 6.42 Å². The van der Waals surface area contributed by atoms with Crippen molar-refractivity contribution in [2.45, 2.75) is 20.3 Å². The van der Waals surface area contributed by atoms with Gasteiger partial charge in [0.15, 0.2) is 0 Å². The number of aromatic amines is 1. The Morgan fingerprint density at radius 1 is 1.29 bits per heavy atom. The lowest BCUT2D eigenvalue weighted by Gasteiger charge is -2.32. The number of hydrogen-bond donors (Lipinski definition) is 1. The molecule has 0 atom stereocenters. The number of hydrogen-bond acceptors (Lipinski definition) is 2. The van der Waals surface area contributed by atoms with Crippen LogP contribution in [0.4, 0.5) is 0 Å². The minimum absolute atomic E-state index is 0.254. The number of carbonyl (C=O) groups excluding carboxylic acids is 1. The molecule has 4 heteroatoms. The maximum atomic E-state index is 12.2. The van der Waals surface area contributed by atoms with Crippen molar-refractivity contribution >= 4 is 5.91 Å². The van der Waals surface area contributed by atoms with Crippen LogP contribution in [0.25, 0.3) is 0 Å². The molecule has 1 aliphatic rings. The summed E-state index contributed by atoms with van der Waals surface area (Å²) in [4.78, 5) is 19.6. The Hall–Kier alpha value is -1.29. The molecule has 0 spiro atoms. The third-order valence-electron chi connectivity index (χ3n) is 3.62. The van der Waals surface area contributed by atoms with Crippen LogP contribution in [0.1, 0.15) is 16.8 Å². The third-order valence-corrected chi connectivity index (χ3v) is 3.62. The average molecular weight is 235 g/mol. The fourth-order valence-electron chi connectivity index (χ4n) is 2.28. The van der Waals surface area contributed by atoms with Crippen LogP contribution in [-0.2, 0) is 11.2 Å². The van der Waals surface area contributed by atoms with E-state index in [9.17, 15) is 4.79 Å². The zero-order valence-electron chi connectivity index (χ0n) is 10.9. The van der Waals surface area contributed by atoms with E-state index in [-0.39, 0.29) is 5.91 Å². The molecule has 94 valence electrons. The Labute approximate surface area is 103 Å². The van der Waals surface area contributed by atoms with Crippen molar-refractivity contribution in [2.75, 3.05) is 33.2 Å². The van der Waals surface area contributed by atoms with Crippen LogP contribution in [0.15, 0.2) is 6.20 Å². The Balaban J connectivity index is 1.98. The van der Waals surface area contributed by atoms with Crippen LogP contribution in [0.3, 0.4) is 0 Å². The topological polar surface area (TPSA) is 39.3 Å². The molecule has 0 aliphatic carbocycles. The highest BCUT2D eigenvalue weighted by molar-refractivity contribution is 5.79. The number of likely N-dealkylation sites (N-methyl/N-ethyl adjacent to an activating group) is 1. The van der Waals surface area contributed by atoms with Crippen molar-refractivity contribution in [3.05, 3.63) is 23.0 Å². The van der Waals surface area contributed by atoms with Crippen LogP contribution in [0.5, 0.6) is 0 Å². The summed E-state index contributed by atoms with van der Waals surface area (Å²) in [5.41, 5.74) is 3.46. The number of H-pyrrole nitrogens is 1. The minimum Gasteiger partial charge on any atom is -0.365 e. The summed E-state index contributed by atoms with van der Waals surface area (Å²) in [5.74, 6) is 0.254. The maximum absolute atomic E-state index is 12.2. The van der Waals surface area contributed by atoms with Gasteiger partial charge in [0.2, 0.25) is 5.91 Å². The normalized spacial score (nSPS) is 17.5. The molecule has 1 aromatic rings. The number of aryl methyl sites for hydroxylation is 2.